The molecule has 20 heavy (non-hydrogen) atoms. The second-order valence-electron chi connectivity index (χ2n) is 4.84. The van der Waals surface area contributed by atoms with Crippen molar-refractivity contribution in [2.75, 3.05) is 6.54 Å². The Balaban J connectivity index is 2.17. The van der Waals surface area contributed by atoms with Crippen LogP contribution >= 0.6 is 0 Å². The fourth-order valence-electron chi connectivity index (χ4n) is 2.64. The van der Waals surface area contributed by atoms with Gasteiger partial charge in [0.15, 0.2) is 0 Å². The number of nitrogens with one attached hydrogen (secondary N) is 1. The van der Waals surface area contributed by atoms with Gasteiger partial charge in [0, 0.05) is 7.05 Å². The standard InChI is InChI=1S/C16H18N4/c1-3-17-16(15-11-18-19-20(15)2)14-10-6-8-12-7-4-5-9-13(12)14/h4-11,16-17H,3H2,1-2H3. The minimum atomic E-state index is 0.103. The van der Waals surface area contributed by atoms with E-state index in [-0.39, 0.29) is 6.04 Å². The Kier molecular flexibility index (Phi) is 3.48. The van der Waals surface area contributed by atoms with Crippen LogP contribution in [0.25, 0.3) is 10.8 Å². The molecule has 102 valence electrons. The van der Waals surface area contributed by atoms with Gasteiger partial charge in [-0.05, 0) is 22.9 Å². The zero-order valence-corrected chi connectivity index (χ0v) is 11.7. The lowest BCUT2D eigenvalue weighted by atomic mass is 9.97. The highest BCUT2D eigenvalue weighted by atomic mass is 15.4. The summed E-state index contributed by atoms with van der Waals surface area (Å²) in [6, 6.07) is 15.0. The molecule has 3 aromatic rings. The first kappa shape index (κ1) is 12.8. The van der Waals surface area contributed by atoms with E-state index in [9.17, 15) is 0 Å². The molecule has 3 rings (SSSR count). The second kappa shape index (κ2) is 5.43. The van der Waals surface area contributed by atoms with Crippen molar-refractivity contribution >= 4 is 10.8 Å². The monoisotopic (exact) mass is 266 g/mol. The van der Waals surface area contributed by atoms with Gasteiger partial charge >= 0.3 is 0 Å². The van der Waals surface area contributed by atoms with E-state index in [2.05, 4.69) is 65.0 Å². The number of hydrogen-bond donors (Lipinski definition) is 1. The molecule has 1 unspecified atom stereocenters. The van der Waals surface area contributed by atoms with E-state index in [4.69, 9.17) is 0 Å². The van der Waals surface area contributed by atoms with E-state index in [1.807, 2.05) is 17.9 Å². The molecule has 0 spiro atoms. The molecule has 0 saturated heterocycles. The highest BCUT2D eigenvalue weighted by Gasteiger charge is 2.18. The lowest BCUT2D eigenvalue weighted by Gasteiger charge is -2.20. The third-order valence-electron chi connectivity index (χ3n) is 3.59. The second-order valence-corrected chi connectivity index (χ2v) is 4.84. The molecule has 2 aromatic carbocycles. The summed E-state index contributed by atoms with van der Waals surface area (Å²) in [5.41, 5.74) is 2.33. The maximum Gasteiger partial charge on any atom is 0.0798 e. The van der Waals surface area contributed by atoms with E-state index < -0.39 is 0 Å². The van der Waals surface area contributed by atoms with Gasteiger partial charge in [-0.15, -0.1) is 5.10 Å². The Morgan fingerprint density at radius 2 is 1.95 bits per heavy atom. The number of fused-ring (bicyclic) bond motifs is 1. The van der Waals surface area contributed by atoms with Crippen LogP contribution in [-0.2, 0) is 7.05 Å². The van der Waals surface area contributed by atoms with Gasteiger partial charge in [-0.25, -0.2) is 0 Å². The molecule has 4 nitrogen and oxygen atoms in total. The summed E-state index contributed by atoms with van der Waals surface area (Å²) in [6.45, 7) is 3.00. The first-order valence-corrected chi connectivity index (χ1v) is 6.87. The fourth-order valence-corrected chi connectivity index (χ4v) is 2.64. The molecule has 0 aliphatic heterocycles. The maximum atomic E-state index is 4.05. The third kappa shape index (κ3) is 2.18. The van der Waals surface area contributed by atoms with Gasteiger partial charge in [-0.2, -0.15) is 0 Å². The van der Waals surface area contributed by atoms with Crippen molar-refractivity contribution in [3.63, 3.8) is 0 Å². The van der Waals surface area contributed by atoms with Crippen molar-refractivity contribution in [1.29, 1.82) is 0 Å². The molecule has 4 heteroatoms. The molecule has 1 N–H and O–H groups in total. The molecule has 0 aliphatic carbocycles. The van der Waals surface area contributed by atoms with E-state index in [1.54, 1.807) is 0 Å². The van der Waals surface area contributed by atoms with Crippen molar-refractivity contribution in [3.8, 4) is 0 Å². The molecular formula is C16H18N4. The Morgan fingerprint density at radius 3 is 2.70 bits per heavy atom. The molecule has 0 radical (unpaired) electrons. The van der Waals surface area contributed by atoms with Crippen LogP contribution in [0.3, 0.4) is 0 Å². The van der Waals surface area contributed by atoms with Crippen molar-refractivity contribution in [3.05, 3.63) is 59.9 Å². The molecule has 0 saturated carbocycles. The largest absolute Gasteiger partial charge is 0.305 e. The first-order chi connectivity index (χ1) is 9.81. The zero-order chi connectivity index (χ0) is 13.9. The molecule has 0 aliphatic rings. The Hall–Kier alpha value is -2.20. The Bertz CT molecular complexity index is 712. The lowest BCUT2D eigenvalue weighted by molar-refractivity contribution is 0.571. The normalized spacial score (nSPS) is 12.7. The zero-order valence-electron chi connectivity index (χ0n) is 11.7. The predicted molar refractivity (Wildman–Crippen MR) is 80.5 cm³/mol. The van der Waals surface area contributed by atoms with E-state index in [0.717, 1.165) is 12.2 Å². The van der Waals surface area contributed by atoms with Gasteiger partial charge < -0.3 is 5.32 Å². The summed E-state index contributed by atoms with van der Waals surface area (Å²) in [5.74, 6) is 0. The Labute approximate surface area is 118 Å². The van der Waals surface area contributed by atoms with Gasteiger partial charge in [0.1, 0.15) is 0 Å². The molecule has 1 aromatic heterocycles. The van der Waals surface area contributed by atoms with Crippen molar-refractivity contribution in [2.24, 2.45) is 7.05 Å². The van der Waals surface area contributed by atoms with Crippen LogP contribution in [0.15, 0.2) is 48.7 Å². The van der Waals surface area contributed by atoms with Crippen LogP contribution in [-0.4, -0.2) is 21.5 Å². The van der Waals surface area contributed by atoms with Gasteiger partial charge in [0.05, 0.1) is 17.9 Å². The van der Waals surface area contributed by atoms with Gasteiger partial charge in [0.2, 0.25) is 0 Å². The van der Waals surface area contributed by atoms with Crippen molar-refractivity contribution in [1.82, 2.24) is 20.3 Å². The SMILES string of the molecule is CCNC(c1cccc2ccccc12)c1cnnn1C. The molecule has 0 bridgehead atoms. The van der Waals surface area contributed by atoms with Gasteiger partial charge in [-0.3, -0.25) is 4.68 Å². The fraction of sp³-hybridized carbons (Fsp3) is 0.250. The smallest absolute Gasteiger partial charge is 0.0798 e. The summed E-state index contributed by atoms with van der Waals surface area (Å²) in [7, 11) is 1.93. The van der Waals surface area contributed by atoms with Crippen LogP contribution in [0.5, 0.6) is 0 Å². The number of aromatic nitrogens is 3. The molecule has 0 amide bonds. The van der Waals surface area contributed by atoms with Gasteiger partial charge in [-0.1, -0.05) is 54.6 Å². The first-order valence-electron chi connectivity index (χ1n) is 6.87. The number of hydrogen-bond acceptors (Lipinski definition) is 3. The van der Waals surface area contributed by atoms with Crippen LogP contribution in [0, 0.1) is 0 Å². The van der Waals surface area contributed by atoms with E-state index >= 15 is 0 Å². The predicted octanol–water partition coefficient (Wildman–Crippen LogP) is 2.67. The molecule has 0 fully saturated rings. The van der Waals surface area contributed by atoms with Crippen LogP contribution in [0.1, 0.15) is 24.2 Å². The lowest BCUT2D eigenvalue weighted by Crippen LogP contribution is -2.24. The van der Waals surface area contributed by atoms with E-state index in [0.29, 0.717) is 0 Å². The van der Waals surface area contributed by atoms with Crippen LogP contribution in [0.2, 0.25) is 0 Å². The topological polar surface area (TPSA) is 42.7 Å². The summed E-state index contributed by atoms with van der Waals surface area (Å²) >= 11 is 0. The highest BCUT2D eigenvalue weighted by molar-refractivity contribution is 5.86. The van der Waals surface area contributed by atoms with Crippen molar-refractivity contribution < 1.29 is 0 Å². The van der Waals surface area contributed by atoms with Crippen LogP contribution < -0.4 is 5.32 Å². The molecule has 1 heterocycles. The highest BCUT2D eigenvalue weighted by Crippen LogP contribution is 2.28. The number of nitrogens with zero attached hydrogens (tertiary/aromatic N) is 3. The number of benzene rings is 2. The average Bonchev–Trinajstić information content (AvgIpc) is 2.90. The average molecular weight is 266 g/mol. The maximum absolute atomic E-state index is 4.05. The van der Waals surface area contributed by atoms with Crippen molar-refractivity contribution in [2.45, 2.75) is 13.0 Å². The third-order valence-corrected chi connectivity index (χ3v) is 3.59. The number of rotatable bonds is 4. The van der Waals surface area contributed by atoms with Crippen LogP contribution in [0.4, 0.5) is 0 Å². The summed E-state index contributed by atoms with van der Waals surface area (Å²) in [6.07, 6.45) is 1.83. The number of aryl methyl sites for hydroxylation is 1. The summed E-state index contributed by atoms with van der Waals surface area (Å²) in [4.78, 5) is 0. The van der Waals surface area contributed by atoms with Gasteiger partial charge in [0.25, 0.3) is 0 Å². The Morgan fingerprint density at radius 1 is 1.15 bits per heavy atom. The van der Waals surface area contributed by atoms with E-state index in [1.165, 1.54) is 16.3 Å². The minimum Gasteiger partial charge on any atom is -0.305 e. The minimum absolute atomic E-state index is 0.103. The quantitative estimate of drug-likeness (QED) is 0.789. The summed E-state index contributed by atoms with van der Waals surface area (Å²) in [5, 5.41) is 14.1. The molecule has 1 atom stereocenters. The summed E-state index contributed by atoms with van der Waals surface area (Å²) < 4.78 is 1.83. The molecular weight excluding hydrogens is 248 g/mol.